The molecule has 2 rings (SSSR count). The summed E-state index contributed by atoms with van der Waals surface area (Å²) in [4.78, 5) is 28.7. The van der Waals surface area contributed by atoms with Crippen molar-refractivity contribution in [3.63, 3.8) is 0 Å². The number of carbonyl (C=O) groups is 2. The fourth-order valence-electron chi connectivity index (χ4n) is 3.00. The van der Waals surface area contributed by atoms with Crippen LogP contribution in [0.1, 0.15) is 55.8 Å². The number of nitrogens with zero attached hydrogens (tertiary/aromatic N) is 2. The number of nitrogens with one attached hydrogen (secondary N) is 1. The molecule has 0 spiro atoms. The van der Waals surface area contributed by atoms with Crippen LogP contribution in [0.25, 0.3) is 0 Å². The number of carbonyl (C=O) groups excluding carboxylic acids is 2. The zero-order chi connectivity index (χ0) is 17.5. The largest absolute Gasteiger partial charge is 0.377 e. The fourth-order valence-corrected chi connectivity index (χ4v) is 3.00. The van der Waals surface area contributed by atoms with Crippen molar-refractivity contribution in [2.24, 2.45) is 0 Å². The third kappa shape index (κ3) is 4.73. The smallest absolute Gasteiger partial charge is 0.256 e. The molecule has 0 unspecified atom stereocenters. The van der Waals surface area contributed by atoms with E-state index in [2.05, 4.69) is 12.2 Å². The molecule has 1 saturated heterocycles. The number of unbranched alkanes of at least 4 members (excludes halogenated alkanes) is 1. The average Bonchev–Trinajstić information content (AvgIpc) is 2.59. The van der Waals surface area contributed by atoms with E-state index < -0.39 is 0 Å². The van der Waals surface area contributed by atoms with E-state index in [4.69, 9.17) is 0 Å². The van der Waals surface area contributed by atoms with Gasteiger partial charge in [-0.05, 0) is 43.9 Å². The van der Waals surface area contributed by atoms with Crippen LogP contribution in [0.2, 0.25) is 0 Å². The van der Waals surface area contributed by atoms with Gasteiger partial charge in [0.15, 0.2) is 0 Å². The molecule has 1 aliphatic rings. The Morgan fingerprint density at radius 3 is 2.50 bits per heavy atom. The lowest BCUT2D eigenvalue weighted by molar-refractivity contribution is -0.116. The van der Waals surface area contributed by atoms with Crippen molar-refractivity contribution in [1.29, 1.82) is 0 Å². The van der Waals surface area contributed by atoms with Crippen molar-refractivity contribution in [2.45, 2.75) is 45.4 Å². The highest BCUT2D eigenvalue weighted by Crippen LogP contribution is 2.26. The number of hydrogen-bond acceptors (Lipinski definition) is 3. The predicted octanol–water partition coefficient (Wildman–Crippen LogP) is 3.51. The lowest BCUT2D eigenvalue weighted by Gasteiger charge is -2.28. The zero-order valence-electron chi connectivity index (χ0n) is 15.1. The first kappa shape index (κ1) is 18.3. The van der Waals surface area contributed by atoms with Gasteiger partial charge in [-0.15, -0.1) is 0 Å². The van der Waals surface area contributed by atoms with Gasteiger partial charge < -0.3 is 15.1 Å². The molecule has 1 aromatic carbocycles. The number of piperidine rings is 1. The number of anilines is 2. The fraction of sp³-hybridized carbons (Fsp3) is 0.579. The van der Waals surface area contributed by atoms with Crippen molar-refractivity contribution in [2.75, 3.05) is 37.4 Å². The highest BCUT2D eigenvalue weighted by Gasteiger charge is 2.22. The van der Waals surface area contributed by atoms with Crippen molar-refractivity contribution in [3.05, 3.63) is 23.8 Å². The summed E-state index contributed by atoms with van der Waals surface area (Å²) in [6.45, 7) is 3.70. The van der Waals surface area contributed by atoms with Crippen molar-refractivity contribution < 1.29 is 9.59 Å². The second-order valence-electron chi connectivity index (χ2n) is 6.63. The van der Waals surface area contributed by atoms with Crippen LogP contribution in [0, 0.1) is 0 Å². The van der Waals surface area contributed by atoms with Gasteiger partial charge in [-0.1, -0.05) is 13.3 Å². The Balaban J connectivity index is 2.21. The van der Waals surface area contributed by atoms with Crippen molar-refractivity contribution >= 4 is 23.2 Å². The molecule has 0 saturated carbocycles. The molecule has 5 heteroatoms. The molecule has 0 aliphatic carbocycles. The van der Waals surface area contributed by atoms with Crippen molar-refractivity contribution in [3.8, 4) is 0 Å². The molecule has 1 fully saturated rings. The third-order valence-corrected chi connectivity index (χ3v) is 4.39. The van der Waals surface area contributed by atoms with Crippen LogP contribution in [-0.4, -0.2) is 43.9 Å². The van der Waals surface area contributed by atoms with E-state index in [1.165, 1.54) is 6.42 Å². The molecule has 0 radical (unpaired) electrons. The Bertz CT molecular complexity index is 578. The van der Waals surface area contributed by atoms with E-state index in [0.717, 1.165) is 44.5 Å². The second-order valence-corrected chi connectivity index (χ2v) is 6.63. The average molecular weight is 331 g/mol. The summed E-state index contributed by atoms with van der Waals surface area (Å²) in [6, 6.07) is 5.59. The van der Waals surface area contributed by atoms with Gasteiger partial charge in [0, 0.05) is 45.0 Å². The van der Waals surface area contributed by atoms with Gasteiger partial charge in [0.05, 0.1) is 5.56 Å². The van der Waals surface area contributed by atoms with E-state index >= 15 is 0 Å². The van der Waals surface area contributed by atoms with Crippen LogP contribution in [0.5, 0.6) is 0 Å². The normalized spacial score (nSPS) is 14.4. The minimum atomic E-state index is 0.00539. The molecule has 1 N–H and O–H groups in total. The van der Waals surface area contributed by atoms with Gasteiger partial charge in [-0.2, -0.15) is 0 Å². The molecule has 132 valence electrons. The summed E-state index contributed by atoms with van der Waals surface area (Å²) in [7, 11) is 3.86. The van der Waals surface area contributed by atoms with E-state index in [9.17, 15) is 9.59 Å². The van der Waals surface area contributed by atoms with Crippen LogP contribution in [0.3, 0.4) is 0 Å². The van der Waals surface area contributed by atoms with Gasteiger partial charge in [0.2, 0.25) is 5.91 Å². The number of benzene rings is 1. The molecule has 1 aromatic rings. The Kier molecular flexibility index (Phi) is 6.64. The Labute approximate surface area is 145 Å². The van der Waals surface area contributed by atoms with Gasteiger partial charge in [0.25, 0.3) is 5.91 Å². The summed E-state index contributed by atoms with van der Waals surface area (Å²) in [5.41, 5.74) is 2.24. The summed E-state index contributed by atoms with van der Waals surface area (Å²) in [6.07, 6.45) is 5.71. The standard InChI is InChI=1S/C19H29N3O2/c1-4-5-9-18(23)20-15-10-11-17(21(2)3)16(14-15)19(24)22-12-7-6-8-13-22/h10-11,14H,4-9,12-13H2,1-3H3,(H,20,23). The van der Waals surface area contributed by atoms with E-state index in [1.807, 2.05) is 42.1 Å². The molecular formula is C19H29N3O2. The number of likely N-dealkylation sites (tertiary alicyclic amines) is 1. The minimum absolute atomic E-state index is 0.00539. The monoisotopic (exact) mass is 331 g/mol. The quantitative estimate of drug-likeness (QED) is 0.868. The van der Waals surface area contributed by atoms with E-state index in [1.54, 1.807) is 0 Å². The lowest BCUT2D eigenvalue weighted by Crippen LogP contribution is -2.36. The highest BCUT2D eigenvalue weighted by atomic mass is 16.2. The van der Waals surface area contributed by atoms with Crippen LogP contribution < -0.4 is 10.2 Å². The Morgan fingerprint density at radius 2 is 1.88 bits per heavy atom. The summed E-state index contributed by atoms with van der Waals surface area (Å²) in [5, 5.41) is 2.91. The van der Waals surface area contributed by atoms with Crippen LogP contribution in [-0.2, 0) is 4.79 Å². The number of amides is 2. The Morgan fingerprint density at radius 1 is 1.17 bits per heavy atom. The minimum Gasteiger partial charge on any atom is -0.377 e. The van der Waals surface area contributed by atoms with Gasteiger partial charge in [-0.25, -0.2) is 0 Å². The molecule has 24 heavy (non-hydrogen) atoms. The topological polar surface area (TPSA) is 52.7 Å². The molecule has 2 amide bonds. The summed E-state index contributed by atoms with van der Waals surface area (Å²) in [5.74, 6) is 0.0638. The number of hydrogen-bond donors (Lipinski definition) is 1. The summed E-state index contributed by atoms with van der Waals surface area (Å²) < 4.78 is 0. The molecule has 0 atom stereocenters. The van der Waals surface area contributed by atoms with E-state index in [0.29, 0.717) is 17.7 Å². The second kappa shape index (κ2) is 8.71. The SMILES string of the molecule is CCCCC(=O)Nc1ccc(N(C)C)c(C(=O)N2CCCCC2)c1. The molecule has 0 bridgehead atoms. The molecular weight excluding hydrogens is 302 g/mol. The van der Waals surface area contributed by atoms with Gasteiger partial charge >= 0.3 is 0 Å². The van der Waals surface area contributed by atoms with E-state index in [-0.39, 0.29) is 11.8 Å². The van der Waals surface area contributed by atoms with Crippen LogP contribution >= 0.6 is 0 Å². The van der Waals surface area contributed by atoms with Crippen molar-refractivity contribution in [1.82, 2.24) is 4.90 Å². The van der Waals surface area contributed by atoms with Gasteiger partial charge in [0.1, 0.15) is 0 Å². The maximum Gasteiger partial charge on any atom is 0.256 e. The molecule has 1 aliphatic heterocycles. The first-order valence-corrected chi connectivity index (χ1v) is 8.93. The third-order valence-electron chi connectivity index (χ3n) is 4.39. The number of rotatable bonds is 6. The first-order valence-electron chi connectivity index (χ1n) is 8.93. The Hall–Kier alpha value is -2.04. The van der Waals surface area contributed by atoms with Gasteiger partial charge in [-0.3, -0.25) is 9.59 Å². The summed E-state index contributed by atoms with van der Waals surface area (Å²) >= 11 is 0. The maximum atomic E-state index is 12.9. The van der Waals surface area contributed by atoms with Crippen LogP contribution in [0.4, 0.5) is 11.4 Å². The predicted molar refractivity (Wildman–Crippen MR) is 98.7 cm³/mol. The molecule has 0 aromatic heterocycles. The maximum absolute atomic E-state index is 12.9. The van der Waals surface area contributed by atoms with Crippen LogP contribution in [0.15, 0.2) is 18.2 Å². The highest BCUT2D eigenvalue weighted by molar-refractivity contribution is 6.02. The molecule has 5 nitrogen and oxygen atoms in total. The first-order chi connectivity index (χ1) is 11.5. The molecule has 1 heterocycles. The zero-order valence-corrected chi connectivity index (χ0v) is 15.1. The lowest BCUT2D eigenvalue weighted by atomic mass is 10.1.